The fourth-order valence-electron chi connectivity index (χ4n) is 6.18. The number of nitrogens with one attached hydrogen (secondary N) is 1. The van der Waals surface area contributed by atoms with Crippen molar-refractivity contribution in [3.05, 3.63) is 107 Å². The second kappa shape index (κ2) is 12.1. The maximum absolute atomic E-state index is 13.0. The van der Waals surface area contributed by atoms with E-state index < -0.39 is 0 Å². The number of piperazine rings is 2. The third-order valence-electron chi connectivity index (χ3n) is 8.28. The highest BCUT2D eigenvalue weighted by Gasteiger charge is 2.30. The summed E-state index contributed by atoms with van der Waals surface area (Å²) in [7, 11) is 0. The molecule has 0 aromatic heterocycles. The Labute approximate surface area is 232 Å². The lowest BCUT2D eigenvalue weighted by molar-refractivity contribution is -0.116. The van der Waals surface area contributed by atoms with Crippen molar-refractivity contribution in [2.45, 2.75) is 19.5 Å². The molecule has 3 aliphatic heterocycles. The van der Waals surface area contributed by atoms with Crippen LogP contribution in [0.25, 0.3) is 5.70 Å². The van der Waals surface area contributed by atoms with Gasteiger partial charge in [0.1, 0.15) is 0 Å². The molecule has 39 heavy (non-hydrogen) atoms. The number of anilines is 1. The maximum atomic E-state index is 13.0. The molecule has 6 nitrogen and oxygen atoms in total. The highest BCUT2D eigenvalue weighted by Crippen LogP contribution is 2.35. The summed E-state index contributed by atoms with van der Waals surface area (Å²) in [6, 6.07) is 30.2. The molecule has 3 saturated heterocycles. The van der Waals surface area contributed by atoms with E-state index in [1.54, 1.807) is 0 Å². The van der Waals surface area contributed by atoms with E-state index in [-0.39, 0.29) is 5.91 Å². The lowest BCUT2D eigenvalue weighted by Crippen LogP contribution is -2.47. The van der Waals surface area contributed by atoms with Gasteiger partial charge in [-0.2, -0.15) is 0 Å². The summed E-state index contributed by atoms with van der Waals surface area (Å²) >= 11 is 0. The summed E-state index contributed by atoms with van der Waals surface area (Å²) in [4.78, 5) is 23.1. The van der Waals surface area contributed by atoms with Gasteiger partial charge < -0.3 is 15.1 Å². The maximum Gasteiger partial charge on any atom is 0.249 e. The van der Waals surface area contributed by atoms with E-state index in [4.69, 9.17) is 0 Å². The highest BCUT2D eigenvalue weighted by molar-refractivity contribution is 6.03. The Kier molecular flexibility index (Phi) is 7.93. The lowest BCUT2D eigenvalue weighted by atomic mass is 9.99. The molecule has 0 radical (unpaired) electrons. The molecule has 1 N–H and O–H groups in total. The van der Waals surface area contributed by atoms with Crippen molar-refractivity contribution < 1.29 is 4.79 Å². The molecular weight excluding hydrogens is 482 g/mol. The molecule has 202 valence electrons. The molecule has 0 atom stereocenters. The Morgan fingerprint density at radius 3 is 1.74 bits per heavy atom. The van der Waals surface area contributed by atoms with Crippen LogP contribution in [0.5, 0.6) is 0 Å². The van der Waals surface area contributed by atoms with Crippen molar-refractivity contribution in [2.75, 3.05) is 63.8 Å². The van der Waals surface area contributed by atoms with Gasteiger partial charge in [-0.05, 0) is 23.6 Å². The van der Waals surface area contributed by atoms with Crippen LogP contribution in [0, 0.1) is 0 Å². The quantitative estimate of drug-likeness (QED) is 0.475. The van der Waals surface area contributed by atoms with Gasteiger partial charge in [-0.1, -0.05) is 78.9 Å². The van der Waals surface area contributed by atoms with Crippen LogP contribution in [0.2, 0.25) is 0 Å². The zero-order chi connectivity index (χ0) is 26.4. The average molecular weight is 522 g/mol. The summed E-state index contributed by atoms with van der Waals surface area (Å²) in [5.74, 6) is 0.0965. The third kappa shape index (κ3) is 6.02. The summed E-state index contributed by atoms with van der Waals surface area (Å²) in [6.07, 6.45) is 0.789. The molecule has 0 bridgehead atoms. The van der Waals surface area contributed by atoms with Crippen molar-refractivity contribution in [2.24, 2.45) is 0 Å². The molecule has 3 aliphatic rings. The number of para-hydroxylation sites is 1. The van der Waals surface area contributed by atoms with Crippen molar-refractivity contribution >= 4 is 17.3 Å². The van der Waals surface area contributed by atoms with E-state index in [0.717, 1.165) is 89.7 Å². The minimum Gasteiger partial charge on any atom is -0.368 e. The molecule has 0 spiro atoms. The fourth-order valence-corrected chi connectivity index (χ4v) is 6.18. The minimum absolute atomic E-state index is 0.0965. The number of carbonyl (C=O) groups excluding carboxylic acids is 1. The number of amides is 1. The Bertz CT molecular complexity index is 1280. The van der Waals surface area contributed by atoms with E-state index in [9.17, 15) is 4.79 Å². The van der Waals surface area contributed by atoms with Crippen LogP contribution >= 0.6 is 0 Å². The van der Waals surface area contributed by atoms with E-state index in [1.807, 2.05) is 0 Å². The molecule has 0 saturated carbocycles. The van der Waals surface area contributed by atoms with Gasteiger partial charge in [0.25, 0.3) is 0 Å². The van der Waals surface area contributed by atoms with E-state index in [1.165, 1.54) is 22.4 Å². The van der Waals surface area contributed by atoms with Crippen molar-refractivity contribution in [1.29, 1.82) is 0 Å². The first-order chi connectivity index (χ1) is 19.2. The van der Waals surface area contributed by atoms with Gasteiger partial charge in [0.2, 0.25) is 5.91 Å². The van der Waals surface area contributed by atoms with E-state index >= 15 is 0 Å². The monoisotopic (exact) mass is 521 g/mol. The Hall–Kier alpha value is -3.61. The molecule has 0 aliphatic carbocycles. The van der Waals surface area contributed by atoms with Gasteiger partial charge in [0.15, 0.2) is 0 Å². The molecule has 1 amide bonds. The van der Waals surface area contributed by atoms with Crippen LogP contribution in [-0.2, 0) is 17.9 Å². The summed E-state index contributed by atoms with van der Waals surface area (Å²) < 4.78 is 0. The first kappa shape index (κ1) is 25.7. The Morgan fingerprint density at radius 2 is 1.18 bits per heavy atom. The third-order valence-corrected chi connectivity index (χ3v) is 8.28. The molecule has 3 fully saturated rings. The van der Waals surface area contributed by atoms with Gasteiger partial charge in [0.05, 0.1) is 5.70 Å². The fraction of sp³-hybridized carbons (Fsp3) is 0.364. The predicted octanol–water partition coefficient (Wildman–Crippen LogP) is 4.06. The van der Waals surface area contributed by atoms with Crippen LogP contribution in [0.15, 0.2) is 90.5 Å². The smallest absolute Gasteiger partial charge is 0.249 e. The predicted molar refractivity (Wildman–Crippen MR) is 158 cm³/mol. The first-order valence-electron chi connectivity index (χ1n) is 14.4. The van der Waals surface area contributed by atoms with Crippen LogP contribution < -0.4 is 10.2 Å². The zero-order valence-electron chi connectivity index (χ0n) is 22.8. The van der Waals surface area contributed by atoms with E-state index in [2.05, 4.69) is 110 Å². The molecular formula is C33H39N5O. The molecule has 3 aromatic rings. The van der Waals surface area contributed by atoms with Gasteiger partial charge in [-0.3, -0.25) is 14.6 Å². The Morgan fingerprint density at radius 1 is 0.641 bits per heavy atom. The summed E-state index contributed by atoms with van der Waals surface area (Å²) in [6.45, 7) is 10.6. The number of carbonyl (C=O) groups is 1. The van der Waals surface area contributed by atoms with Gasteiger partial charge >= 0.3 is 0 Å². The highest BCUT2D eigenvalue weighted by atomic mass is 16.2. The second-order valence-electron chi connectivity index (χ2n) is 10.8. The minimum atomic E-state index is 0.0965. The van der Waals surface area contributed by atoms with E-state index in [0.29, 0.717) is 0 Å². The number of rotatable bonds is 7. The molecule has 6 heteroatoms. The Balaban J connectivity index is 1.20. The first-order valence-corrected chi connectivity index (χ1v) is 14.4. The molecule has 3 aromatic carbocycles. The topological polar surface area (TPSA) is 42.1 Å². The molecule has 3 heterocycles. The summed E-state index contributed by atoms with van der Waals surface area (Å²) in [5, 5.41) is 3.07. The molecule has 0 unspecified atom stereocenters. The SMILES string of the molecule is O=C1NCCC1=C(c1ccccc1N1CCN(Cc2ccccc2)CC1)N1CCN(Cc2ccccc2)CC1. The van der Waals surface area contributed by atoms with Crippen LogP contribution in [-0.4, -0.2) is 79.5 Å². The number of nitrogens with zero attached hydrogens (tertiary/aromatic N) is 4. The van der Waals surface area contributed by atoms with Crippen molar-refractivity contribution in [3.8, 4) is 0 Å². The zero-order valence-corrected chi connectivity index (χ0v) is 22.8. The van der Waals surface area contributed by atoms with Gasteiger partial charge in [0, 0.05) is 88.8 Å². The van der Waals surface area contributed by atoms with Crippen LogP contribution in [0.1, 0.15) is 23.1 Å². The van der Waals surface area contributed by atoms with Crippen molar-refractivity contribution in [3.63, 3.8) is 0 Å². The largest absolute Gasteiger partial charge is 0.368 e. The summed E-state index contributed by atoms with van der Waals surface area (Å²) in [5.41, 5.74) is 7.28. The standard InChI is InChI=1S/C33H39N5O/c39-33-30(15-16-34-33)32(38-23-19-36(20-24-38)26-28-11-5-2-6-12-28)29-13-7-8-14-31(29)37-21-17-35(18-22-37)25-27-9-3-1-4-10-27/h1-14H,15-26H2,(H,34,39). The van der Waals surface area contributed by atoms with Gasteiger partial charge in [-0.25, -0.2) is 0 Å². The number of hydrogen-bond acceptors (Lipinski definition) is 5. The molecule has 6 rings (SSSR count). The normalized spacial score (nSPS) is 20.3. The van der Waals surface area contributed by atoms with Crippen LogP contribution in [0.3, 0.4) is 0 Å². The second-order valence-corrected chi connectivity index (χ2v) is 10.8. The average Bonchev–Trinajstić information content (AvgIpc) is 3.41. The number of hydrogen-bond donors (Lipinski definition) is 1. The number of benzene rings is 3. The van der Waals surface area contributed by atoms with Gasteiger partial charge in [-0.15, -0.1) is 0 Å². The van der Waals surface area contributed by atoms with Crippen molar-refractivity contribution in [1.82, 2.24) is 20.0 Å². The lowest BCUT2D eigenvalue weighted by Gasteiger charge is -2.40. The van der Waals surface area contributed by atoms with Crippen LogP contribution in [0.4, 0.5) is 5.69 Å².